The zero-order valence-corrected chi connectivity index (χ0v) is 80.8. The molecule has 0 aromatic carbocycles. The molecule has 17 aliphatic rings. The molecule has 11 aliphatic carbocycles. The van der Waals surface area contributed by atoms with Gasteiger partial charge in [0.1, 0.15) is 77.8 Å². The maximum Gasteiger partial charge on any atom is 0.350 e. The number of hydrogen-bond donors (Lipinski definition) is 0. The molecule has 0 spiro atoms. The van der Waals surface area contributed by atoms with E-state index in [4.69, 9.17) is 85.3 Å². The van der Waals surface area contributed by atoms with E-state index in [2.05, 4.69) is 39.5 Å². The fraction of sp³-hybridized carbons (Fsp3) is 0.697. The Hall–Kier alpha value is -11.1. The second kappa shape index (κ2) is 36.8. The molecular formula is C99H128O36. The summed E-state index contributed by atoms with van der Waals surface area (Å²) in [6.07, 6.45) is 6.32. The topological polar surface area (TPSA) is 473 Å². The highest BCUT2D eigenvalue weighted by Gasteiger charge is 2.74. The minimum absolute atomic E-state index is 0.00297. The van der Waals surface area contributed by atoms with E-state index in [1.54, 1.807) is 20.8 Å². The first-order chi connectivity index (χ1) is 62.2. The average Bonchev–Trinajstić information content (AvgIpc) is 1.55. The largest absolute Gasteiger partial charge is 0.462 e. The Morgan fingerprint density at radius 2 is 0.785 bits per heavy atom. The van der Waals surface area contributed by atoms with E-state index in [1.165, 1.54) is 104 Å². The Balaban J connectivity index is 0.000000146. The molecule has 0 amide bonds. The van der Waals surface area contributed by atoms with Crippen LogP contribution in [0.2, 0.25) is 0 Å². The number of ether oxygens (including phenoxy) is 18. The van der Waals surface area contributed by atoms with Crippen LogP contribution in [0, 0.1) is 94.2 Å². The molecule has 0 N–H and O–H groups in total. The zero-order chi connectivity index (χ0) is 100. The third-order valence-electron chi connectivity index (χ3n) is 30.4. The molecule has 0 radical (unpaired) electrons. The summed E-state index contributed by atoms with van der Waals surface area (Å²) in [5, 5.41) is 0. The Labute approximate surface area is 783 Å². The van der Waals surface area contributed by atoms with Gasteiger partial charge < -0.3 is 85.3 Å². The SMILES string of the molecule is C=C(C)C(=O)OC(C)(C)C(=O)OC1(C)C2CC3C(=O)OC1C3C2.C=C(C)C(=O)OC(C)(C)C(=O)OC1(C)CCC2CC1(C)OC2=O.C=C(C)C(=O)OC(C)(C)C(=O)OC1C2CC3C(=O)OC1(C)C3C2.C=C(C)C(=O)OC(C)(C)C(=O)OC1C2CC3C(=O)OC1C3C2.C=C(C)C(=O)OC(C)(C)C(=O)OC1C2OC(=O)C3CC1(C)CC32.C=C(C)C(=O)OCCC(=O)OC1C2CC3C(=O)OC1C3C2. The van der Waals surface area contributed by atoms with Crippen LogP contribution < -0.4 is 0 Å². The van der Waals surface area contributed by atoms with Gasteiger partial charge >= 0.3 is 107 Å². The first kappa shape index (κ1) is 103. The molecule has 0 aromatic rings. The molecule has 0 aromatic heterocycles. The molecule has 36 nitrogen and oxygen atoms in total. The van der Waals surface area contributed by atoms with Crippen molar-refractivity contribution in [2.24, 2.45) is 94.2 Å². The van der Waals surface area contributed by atoms with Crippen LogP contribution in [0.4, 0.5) is 0 Å². The van der Waals surface area contributed by atoms with Crippen LogP contribution in [0.5, 0.6) is 0 Å². The van der Waals surface area contributed by atoms with E-state index < -0.39 is 146 Å². The maximum atomic E-state index is 12.5. The summed E-state index contributed by atoms with van der Waals surface area (Å²) >= 11 is 0. The van der Waals surface area contributed by atoms with Crippen molar-refractivity contribution in [2.75, 3.05) is 6.61 Å². The molecule has 12 bridgehead atoms. The number of hydrogen-bond acceptors (Lipinski definition) is 36. The summed E-state index contributed by atoms with van der Waals surface area (Å²) in [6, 6.07) is 0. The van der Waals surface area contributed by atoms with Crippen LogP contribution in [0.1, 0.15) is 235 Å². The molecule has 6 aliphatic heterocycles. The molecular weight excluding hydrogens is 1770 g/mol. The van der Waals surface area contributed by atoms with E-state index in [-0.39, 0.29) is 195 Å². The number of esters is 18. The molecule has 17 fully saturated rings. The van der Waals surface area contributed by atoms with Gasteiger partial charge in [-0.3, -0.25) is 33.6 Å². The van der Waals surface area contributed by atoms with E-state index in [0.717, 1.165) is 38.5 Å². The van der Waals surface area contributed by atoms with Gasteiger partial charge in [-0.25, -0.2) is 52.7 Å². The number of carbonyl (C=O) groups excluding carboxylic acids is 18. The van der Waals surface area contributed by atoms with Gasteiger partial charge in [0.05, 0.1) is 41.9 Å². The van der Waals surface area contributed by atoms with Crippen molar-refractivity contribution in [2.45, 2.75) is 335 Å². The minimum Gasteiger partial charge on any atom is -0.462 e. The van der Waals surface area contributed by atoms with Crippen LogP contribution >= 0.6 is 0 Å². The highest BCUT2D eigenvalue weighted by Crippen LogP contribution is 2.65. The van der Waals surface area contributed by atoms with Crippen molar-refractivity contribution in [3.05, 3.63) is 72.9 Å². The van der Waals surface area contributed by atoms with Gasteiger partial charge in [-0.2, -0.15) is 0 Å². The van der Waals surface area contributed by atoms with Crippen LogP contribution in [0.3, 0.4) is 0 Å². The lowest BCUT2D eigenvalue weighted by atomic mass is 9.71. The van der Waals surface area contributed by atoms with Crippen LogP contribution in [0.25, 0.3) is 0 Å². The molecule has 6 heterocycles. The van der Waals surface area contributed by atoms with Gasteiger partial charge in [-0.15, -0.1) is 0 Å². The standard InChI is InChI=1S/3C17H22O6.C17H24O6.C16H20O6.C15H18O6/c1-8(2)13(18)23-16(3,4)15(20)22-12-11-9-6-17(12,5)7-10(9)14(19)21-11;1-8(2)13(18)22-16(3,4)15(20)23-17(5)9-6-10-11(7-9)14(19)21-12(10)17;1-8(2)13(18)22-16(3,4)15(20)21-12-9-6-10-11(7-9)17(12,5)23-14(10)19;1-10(2)12(18)21-15(3,4)14(20)23-16(5)8-7-11-9-17(16,6)22-13(11)19;1-7(2)13(17)22-16(3,4)15(19)21-11-8-5-9-10(6-8)14(18)20-12(9)11;1-7(2)14(17)19-4-3-11(16)20-12-8-5-9-10(6-8)15(18)21-13(9)12/h3*9-12H,1,6-7H2,2-5H3;11H,1,7-9H2,2-6H3;8-12H,1,5-6H2,2-4H3;8-10,12-13H,1,3-6H2,2H3. The second-order valence-corrected chi connectivity index (χ2v) is 43.2. The minimum atomic E-state index is -1.45. The Kier molecular flexibility index (Phi) is 28.0. The summed E-state index contributed by atoms with van der Waals surface area (Å²) in [5.74, 6) is -7.45. The third kappa shape index (κ3) is 19.7. The lowest BCUT2D eigenvalue weighted by Gasteiger charge is -2.45. The van der Waals surface area contributed by atoms with Crippen molar-refractivity contribution in [3.63, 3.8) is 0 Å². The monoisotopic (exact) mass is 1890 g/mol. The van der Waals surface area contributed by atoms with Crippen molar-refractivity contribution in [1.82, 2.24) is 0 Å². The fourth-order valence-corrected chi connectivity index (χ4v) is 22.6. The van der Waals surface area contributed by atoms with Gasteiger partial charge in [-0.05, 0) is 216 Å². The van der Waals surface area contributed by atoms with E-state index in [1.807, 2.05) is 20.8 Å². The highest BCUT2D eigenvalue weighted by molar-refractivity contribution is 5.95. The van der Waals surface area contributed by atoms with Gasteiger partial charge in [0, 0.05) is 98.5 Å². The number of rotatable bonds is 25. The average molecular weight is 1890 g/mol. The van der Waals surface area contributed by atoms with Crippen LogP contribution in [0.15, 0.2) is 72.9 Å². The number of carbonyl (C=O) groups is 18. The summed E-state index contributed by atoms with van der Waals surface area (Å²) in [7, 11) is 0. The van der Waals surface area contributed by atoms with Gasteiger partial charge in [0.15, 0.2) is 0 Å². The van der Waals surface area contributed by atoms with Gasteiger partial charge in [0.25, 0.3) is 0 Å². The van der Waals surface area contributed by atoms with Gasteiger partial charge in [-0.1, -0.05) is 46.4 Å². The van der Waals surface area contributed by atoms with Gasteiger partial charge in [0.2, 0.25) is 28.0 Å². The molecule has 6 saturated heterocycles. The predicted molar refractivity (Wildman–Crippen MR) is 463 cm³/mol. The van der Waals surface area contributed by atoms with Crippen LogP contribution in [-0.2, 0) is 172 Å². The van der Waals surface area contributed by atoms with E-state index in [0.29, 0.717) is 50.5 Å². The summed E-state index contributed by atoms with van der Waals surface area (Å²) in [6.45, 7) is 54.0. The van der Waals surface area contributed by atoms with Crippen molar-refractivity contribution in [1.29, 1.82) is 0 Å². The van der Waals surface area contributed by atoms with E-state index >= 15 is 0 Å². The summed E-state index contributed by atoms with van der Waals surface area (Å²) in [5.41, 5.74) is -9.42. The fourth-order valence-electron chi connectivity index (χ4n) is 22.6. The highest BCUT2D eigenvalue weighted by atomic mass is 16.7. The quantitative estimate of drug-likeness (QED) is 0.0465. The molecule has 28 atom stereocenters. The summed E-state index contributed by atoms with van der Waals surface area (Å²) < 4.78 is 96.9. The number of fused-ring (bicyclic) bond motifs is 7. The molecule has 28 unspecified atom stereocenters. The molecule has 36 heteroatoms. The Morgan fingerprint density at radius 3 is 1.26 bits per heavy atom. The van der Waals surface area contributed by atoms with Crippen LogP contribution in [-0.4, -0.2) is 213 Å². The first-order valence-electron chi connectivity index (χ1n) is 46.1. The first-order valence-corrected chi connectivity index (χ1v) is 46.1. The smallest absolute Gasteiger partial charge is 0.350 e. The zero-order valence-electron chi connectivity index (χ0n) is 80.8. The Bertz CT molecular complexity index is 4940. The van der Waals surface area contributed by atoms with Crippen molar-refractivity contribution >= 4 is 107 Å². The second-order valence-electron chi connectivity index (χ2n) is 43.2. The molecule has 740 valence electrons. The van der Waals surface area contributed by atoms with Crippen molar-refractivity contribution < 1.29 is 172 Å². The van der Waals surface area contributed by atoms with Crippen molar-refractivity contribution in [3.8, 4) is 0 Å². The molecule has 17 rings (SSSR count). The Morgan fingerprint density at radius 1 is 0.378 bits per heavy atom. The lowest BCUT2D eigenvalue weighted by Crippen LogP contribution is -2.56. The predicted octanol–water partition coefficient (Wildman–Crippen LogP) is 9.97. The molecule has 11 saturated carbocycles. The third-order valence-corrected chi connectivity index (χ3v) is 30.4. The summed E-state index contributed by atoms with van der Waals surface area (Å²) in [4.78, 5) is 214. The van der Waals surface area contributed by atoms with E-state index in [9.17, 15) is 86.3 Å². The maximum absolute atomic E-state index is 12.5. The molecule has 135 heavy (non-hydrogen) atoms. The normalized spacial score (nSPS) is 36.0. The lowest BCUT2D eigenvalue weighted by molar-refractivity contribution is -0.213.